The third-order valence-electron chi connectivity index (χ3n) is 2.58. The van der Waals surface area contributed by atoms with Crippen LogP contribution in [0.25, 0.3) is 0 Å². The first-order chi connectivity index (χ1) is 9.00. The van der Waals surface area contributed by atoms with Crippen LogP contribution in [0.2, 0.25) is 5.02 Å². The molecule has 0 aliphatic carbocycles. The van der Waals surface area contributed by atoms with E-state index in [1.165, 1.54) is 0 Å². The van der Waals surface area contributed by atoms with Gasteiger partial charge in [-0.3, -0.25) is 0 Å². The van der Waals surface area contributed by atoms with E-state index in [9.17, 15) is 0 Å². The first-order valence-corrected chi connectivity index (χ1v) is 7.24. The number of benzene rings is 1. The molecule has 0 saturated heterocycles. The van der Waals surface area contributed by atoms with Gasteiger partial charge in [0.15, 0.2) is 0 Å². The topological polar surface area (TPSA) is 47.3 Å². The summed E-state index contributed by atoms with van der Waals surface area (Å²) < 4.78 is 5.49. The van der Waals surface area contributed by atoms with E-state index in [0.29, 0.717) is 16.1 Å². The second kappa shape index (κ2) is 8.35. The largest absolute Gasteiger partial charge is 0.389 e. The van der Waals surface area contributed by atoms with Gasteiger partial charge < -0.3 is 15.8 Å². The minimum atomic E-state index is 0.294. The monoisotopic (exact) mass is 300 g/mol. The predicted molar refractivity (Wildman–Crippen MR) is 86.2 cm³/mol. The fraction of sp³-hybridized carbons (Fsp3) is 0.500. The molecule has 3 nitrogen and oxygen atoms in total. The highest BCUT2D eigenvalue weighted by Crippen LogP contribution is 2.21. The molecule has 0 bridgehead atoms. The van der Waals surface area contributed by atoms with Crippen molar-refractivity contribution in [2.24, 2.45) is 5.73 Å². The fourth-order valence-corrected chi connectivity index (χ4v) is 2.00. The SMILES string of the molecule is CC(C)OCCCCNc1cc(Cl)ccc1C(N)=S. The van der Waals surface area contributed by atoms with Gasteiger partial charge in [-0.25, -0.2) is 0 Å². The maximum Gasteiger partial charge on any atom is 0.106 e. The van der Waals surface area contributed by atoms with Crippen molar-refractivity contribution in [3.05, 3.63) is 28.8 Å². The van der Waals surface area contributed by atoms with Crippen molar-refractivity contribution in [2.45, 2.75) is 32.8 Å². The van der Waals surface area contributed by atoms with E-state index in [1.807, 2.05) is 26.0 Å². The molecular formula is C14H21ClN2OS. The van der Waals surface area contributed by atoms with Gasteiger partial charge in [-0.2, -0.15) is 0 Å². The number of unbranched alkanes of at least 4 members (excludes halogenated alkanes) is 1. The number of nitrogens with one attached hydrogen (secondary N) is 1. The fourth-order valence-electron chi connectivity index (χ4n) is 1.65. The Kier molecular flexibility index (Phi) is 7.13. The van der Waals surface area contributed by atoms with Gasteiger partial charge in [0.2, 0.25) is 0 Å². The lowest BCUT2D eigenvalue weighted by Gasteiger charge is -2.12. The maximum absolute atomic E-state index is 5.97. The van der Waals surface area contributed by atoms with Crippen molar-refractivity contribution in [2.75, 3.05) is 18.5 Å². The van der Waals surface area contributed by atoms with Gasteiger partial charge >= 0.3 is 0 Å². The average Bonchev–Trinajstić information content (AvgIpc) is 2.33. The number of anilines is 1. The van der Waals surface area contributed by atoms with Crippen molar-refractivity contribution < 1.29 is 4.74 Å². The summed E-state index contributed by atoms with van der Waals surface area (Å²) in [5.41, 5.74) is 7.40. The van der Waals surface area contributed by atoms with Gasteiger partial charge in [0.1, 0.15) is 4.99 Å². The molecule has 19 heavy (non-hydrogen) atoms. The highest BCUT2D eigenvalue weighted by atomic mass is 35.5. The van der Waals surface area contributed by atoms with Crippen LogP contribution in [-0.2, 0) is 4.74 Å². The quantitative estimate of drug-likeness (QED) is 0.569. The van der Waals surface area contributed by atoms with E-state index in [1.54, 1.807) is 6.07 Å². The first-order valence-electron chi connectivity index (χ1n) is 6.45. The zero-order valence-electron chi connectivity index (χ0n) is 11.4. The number of thiocarbonyl (C=S) groups is 1. The van der Waals surface area contributed by atoms with Gasteiger partial charge in [-0.05, 0) is 44.9 Å². The third kappa shape index (κ3) is 6.23. The van der Waals surface area contributed by atoms with Crippen LogP contribution >= 0.6 is 23.8 Å². The maximum atomic E-state index is 5.97. The standard InChI is InChI=1S/C14H21ClN2OS/c1-10(2)18-8-4-3-7-17-13-9-11(15)5-6-12(13)14(16)19/h5-6,9-10,17H,3-4,7-8H2,1-2H3,(H2,16,19). The van der Waals surface area contributed by atoms with Crippen LogP contribution in [0.1, 0.15) is 32.3 Å². The summed E-state index contributed by atoms with van der Waals surface area (Å²) in [7, 11) is 0. The number of ether oxygens (including phenoxy) is 1. The Balaban J connectivity index is 2.40. The number of hydrogen-bond acceptors (Lipinski definition) is 3. The molecule has 5 heteroatoms. The Morgan fingerprint density at radius 2 is 2.16 bits per heavy atom. The minimum Gasteiger partial charge on any atom is -0.389 e. The molecule has 0 amide bonds. The Hall–Kier alpha value is -0.840. The van der Waals surface area contributed by atoms with Gasteiger partial charge in [-0.1, -0.05) is 23.8 Å². The van der Waals surface area contributed by atoms with Crippen LogP contribution in [0, 0.1) is 0 Å². The molecule has 1 aromatic carbocycles. The highest BCUT2D eigenvalue weighted by Gasteiger charge is 2.05. The summed E-state index contributed by atoms with van der Waals surface area (Å²) in [5, 5.41) is 3.99. The van der Waals surface area contributed by atoms with E-state index >= 15 is 0 Å². The van der Waals surface area contributed by atoms with Crippen LogP contribution in [-0.4, -0.2) is 24.2 Å². The molecule has 0 spiro atoms. The van der Waals surface area contributed by atoms with E-state index in [4.69, 9.17) is 34.3 Å². The molecule has 0 aliphatic rings. The summed E-state index contributed by atoms with van der Waals surface area (Å²) in [6.07, 6.45) is 2.34. The van der Waals surface area contributed by atoms with Crippen LogP contribution < -0.4 is 11.1 Å². The number of halogens is 1. The van der Waals surface area contributed by atoms with Gasteiger partial charge in [0.05, 0.1) is 6.10 Å². The van der Waals surface area contributed by atoms with Crippen molar-refractivity contribution >= 4 is 34.5 Å². The lowest BCUT2D eigenvalue weighted by atomic mass is 10.1. The Labute approximate surface area is 125 Å². The number of hydrogen-bond donors (Lipinski definition) is 2. The molecule has 1 rings (SSSR count). The van der Waals surface area contributed by atoms with Crippen LogP contribution in [0.3, 0.4) is 0 Å². The summed E-state index contributed by atoms with van der Waals surface area (Å²) in [6.45, 7) is 5.71. The molecule has 0 aromatic heterocycles. The molecule has 0 atom stereocenters. The molecule has 0 fully saturated rings. The summed E-state index contributed by atoms with van der Waals surface area (Å²) in [4.78, 5) is 0.377. The highest BCUT2D eigenvalue weighted by molar-refractivity contribution is 7.80. The van der Waals surface area contributed by atoms with Crippen LogP contribution in [0.15, 0.2) is 18.2 Å². The van der Waals surface area contributed by atoms with Crippen molar-refractivity contribution in [3.8, 4) is 0 Å². The molecule has 3 N–H and O–H groups in total. The average molecular weight is 301 g/mol. The molecule has 1 aromatic rings. The summed E-state index contributed by atoms with van der Waals surface area (Å²) in [5.74, 6) is 0. The zero-order chi connectivity index (χ0) is 14.3. The van der Waals surface area contributed by atoms with Crippen LogP contribution in [0.5, 0.6) is 0 Å². The summed E-state index contributed by atoms with van der Waals surface area (Å²) >= 11 is 11.0. The predicted octanol–water partition coefficient (Wildman–Crippen LogP) is 3.59. The third-order valence-corrected chi connectivity index (χ3v) is 3.04. The van der Waals surface area contributed by atoms with E-state index in [0.717, 1.165) is 37.2 Å². The lowest BCUT2D eigenvalue weighted by molar-refractivity contribution is 0.0765. The Morgan fingerprint density at radius 1 is 1.42 bits per heavy atom. The Bertz CT molecular complexity index is 424. The molecular weight excluding hydrogens is 280 g/mol. The Morgan fingerprint density at radius 3 is 2.79 bits per heavy atom. The number of rotatable bonds is 8. The van der Waals surface area contributed by atoms with Crippen LogP contribution in [0.4, 0.5) is 5.69 Å². The van der Waals surface area contributed by atoms with E-state index in [2.05, 4.69) is 5.32 Å². The van der Waals surface area contributed by atoms with E-state index in [-0.39, 0.29) is 0 Å². The van der Waals surface area contributed by atoms with E-state index < -0.39 is 0 Å². The molecule has 0 saturated carbocycles. The smallest absolute Gasteiger partial charge is 0.106 e. The first kappa shape index (κ1) is 16.2. The number of nitrogens with two attached hydrogens (primary N) is 1. The van der Waals surface area contributed by atoms with Gasteiger partial charge in [0.25, 0.3) is 0 Å². The molecule has 0 heterocycles. The second-order valence-electron chi connectivity index (χ2n) is 4.61. The molecule has 0 radical (unpaired) electrons. The lowest BCUT2D eigenvalue weighted by Crippen LogP contribution is -2.14. The second-order valence-corrected chi connectivity index (χ2v) is 5.48. The molecule has 0 aliphatic heterocycles. The van der Waals surface area contributed by atoms with Gasteiger partial charge in [-0.15, -0.1) is 0 Å². The normalized spacial score (nSPS) is 10.7. The summed E-state index contributed by atoms with van der Waals surface area (Å²) in [6, 6.07) is 5.48. The molecule has 106 valence electrons. The molecule has 0 unspecified atom stereocenters. The van der Waals surface area contributed by atoms with Gasteiger partial charge in [0, 0.05) is 29.4 Å². The minimum absolute atomic E-state index is 0.294. The van der Waals surface area contributed by atoms with Crippen molar-refractivity contribution in [3.63, 3.8) is 0 Å². The van der Waals surface area contributed by atoms with Crippen molar-refractivity contribution in [1.82, 2.24) is 0 Å². The van der Waals surface area contributed by atoms with Crippen molar-refractivity contribution in [1.29, 1.82) is 0 Å². The zero-order valence-corrected chi connectivity index (χ0v) is 13.0.